The van der Waals surface area contributed by atoms with Gasteiger partial charge in [0.1, 0.15) is 0 Å². The second-order valence-corrected chi connectivity index (χ2v) is 2.95. The van der Waals surface area contributed by atoms with Gasteiger partial charge in [-0.1, -0.05) is 0 Å². The Morgan fingerprint density at radius 3 is 3.07 bits per heavy atom. The van der Waals surface area contributed by atoms with Gasteiger partial charge in [-0.2, -0.15) is 0 Å². The van der Waals surface area contributed by atoms with E-state index in [4.69, 9.17) is 5.11 Å². The highest BCUT2D eigenvalue weighted by atomic mass is 16.3. The Labute approximate surface area is 81.7 Å². The number of H-pyrrole nitrogens is 1. The molecule has 0 saturated carbocycles. The smallest absolute Gasteiger partial charge is 0.0929 e. The van der Waals surface area contributed by atoms with Crippen molar-refractivity contribution in [1.29, 1.82) is 0 Å². The van der Waals surface area contributed by atoms with Crippen LogP contribution in [0.5, 0.6) is 0 Å². The van der Waals surface area contributed by atoms with Crippen LogP contribution in [0.3, 0.4) is 0 Å². The molecule has 2 aromatic heterocycles. The minimum Gasteiger partial charge on any atom is -0.396 e. The number of pyridine rings is 1. The standard InChI is InChI=1S/C10H11N3O/c14-5-3-9-10(13-7-12-9)8-2-1-4-11-6-8/h1-2,4,6-7,14H,3,5H2,(H,12,13). The van der Waals surface area contributed by atoms with E-state index in [-0.39, 0.29) is 6.61 Å². The Balaban J connectivity index is 2.37. The first-order valence-electron chi connectivity index (χ1n) is 4.45. The number of nitrogens with zero attached hydrogens (tertiary/aromatic N) is 2. The molecule has 0 bridgehead atoms. The number of nitrogens with one attached hydrogen (secondary N) is 1. The van der Waals surface area contributed by atoms with Gasteiger partial charge in [0.15, 0.2) is 0 Å². The van der Waals surface area contributed by atoms with Gasteiger partial charge in [0.05, 0.1) is 12.0 Å². The second-order valence-electron chi connectivity index (χ2n) is 2.95. The Morgan fingerprint density at radius 1 is 1.43 bits per heavy atom. The number of aliphatic hydroxyl groups excluding tert-OH is 1. The monoisotopic (exact) mass is 189 g/mol. The summed E-state index contributed by atoms with van der Waals surface area (Å²) in [5.74, 6) is 0. The summed E-state index contributed by atoms with van der Waals surface area (Å²) in [4.78, 5) is 11.2. The Morgan fingerprint density at radius 2 is 2.36 bits per heavy atom. The largest absolute Gasteiger partial charge is 0.396 e. The van der Waals surface area contributed by atoms with Gasteiger partial charge in [-0.3, -0.25) is 4.98 Å². The number of aliphatic hydroxyl groups is 1. The summed E-state index contributed by atoms with van der Waals surface area (Å²) in [6.45, 7) is 0.120. The van der Waals surface area contributed by atoms with E-state index in [1.807, 2.05) is 12.1 Å². The average molecular weight is 189 g/mol. The van der Waals surface area contributed by atoms with Crippen molar-refractivity contribution in [1.82, 2.24) is 15.0 Å². The van der Waals surface area contributed by atoms with Gasteiger partial charge < -0.3 is 10.1 Å². The number of hydrogen-bond donors (Lipinski definition) is 2. The molecule has 0 aliphatic carbocycles. The number of rotatable bonds is 3. The van der Waals surface area contributed by atoms with E-state index in [0.717, 1.165) is 17.0 Å². The summed E-state index contributed by atoms with van der Waals surface area (Å²) in [6, 6.07) is 3.82. The van der Waals surface area contributed by atoms with Crippen LogP contribution in [0.2, 0.25) is 0 Å². The molecule has 0 radical (unpaired) electrons. The summed E-state index contributed by atoms with van der Waals surface area (Å²) in [5, 5.41) is 8.85. The number of aromatic amines is 1. The fourth-order valence-corrected chi connectivity index (χ4v) is 1.37. The topological polar surface area (TPSA) is 61.8 Å². The fraction of sp³-hybridized carbons (Fsp3) is 0.200. The van der Waals surface area contributed by atoms with E-state index >= 15 is 0 Å². The maximum Gasteiger partial charge on any atom is 0.0929 e. The molecule has 14 heavy (non-hydrogen) atoms. The van der Waals surface area contributed by atoms with Gasteiger partial charge in [-0.05, 0) is 12.1 Å². The molecule has 0 aromatic carbocycles. The molecule has 72 valence electrons. The third kappa shape index (κ3) is 1.65. The molecule has 0 saturated heterocycles. The van der Waals surface area contributed by atoms with Crippen molar-refractivity contribution < 1.29 is 5.11 Å². The van der Waals surface area contributed by atoms with Gasteiger partial charge in [-0.15, -0.1) is 0 Å². The van der Waals surface area contributed by atoms with Crippen molar-refractivity contribution in [3.8, 4) is 11.3 Å². The third-order valence-electron chi connectivity index (χ3n) is 2.02. The molecule has 0 unspecified atom stereocenters. The van der Waals surface area contributed by atoms with Gasteiger partial charge >= 0.3 is 0 Å². The lowest BCUT2D eigenvalue weighted by Crippen LogP contribution is -1.93. The van der Waals surface area contributed by atoms with Crippen LogP contribution in [0.15, 0.2) is 30.9 Å². The van der Waals surface area contributed by atoms with E-state index in [9.17, 15) is 0 Å². The van der Waals surface area contributed by atoms with Crippen LogP contribution in [0.4, 0.5) is 0 Å². The molecule has 2 aromatic rings. The Kier molecular flexibility index (Phi) is 2.55. The maximum absolute atomic E-state index is 8.85. The molecular weight excluding hydrogens is 178 g/mol. The normalized spacial score (nSPS) is 10.4. The zero-order chi connectivity index (χ0) is 9.80. The first-order valence-corrected chi connectivity index (χ1v) is 4.45. The van der Waals surface area contributed by atoms with E-state index in [1.165, 1.54) is 0 Å². The Bertz CT molecular complexity index is 397. The van der Waals surface area contributed by atoms with E-state index in [2.05, 4.69) is 15.0 Å². The predicted molar refractivity (Wildman–Crippen MR) is 52.6 cm³/mol. The predicted octanol–water partition coefficient (Wildman–Crippen LogP) is 1.01. The molecule has 2 rings (SSSR count). The van der Waals surface area contributed by atoms with Crippen molar-refractivity contribution in [2.45, 2.75) is 6.42 Å². The SMILES string of the molecule is OCCc1[nH]cnc1-c1cccnc1. The molecule has 0 fully saturated rings. The summed E-state index contributed by atoms with van der Waals surface area (Å²) in [7, 11) is 0. The Hall–Kier alpha value is -1.68. The highest BCUT2D eigenvalue weighted by Crippen LogP contribution is 2.18. The van der Waals surface area contributed by atoms with Gasteiger partial charge in [0, 0.05) is 36.7 Å². The highest BCUT2D eigenvalue weighted by Gasteiger charge is 2.06. The summed E-state index contributed by atoms with van der Waals surface area (Å²) < 4.78 is 0. The molecule has 0 aliphatic heterocycles. The average Bonchev–Trinajstić information content (AvgIpc) is 2.68. The van der Waals surface area contributed by atoms with Gasteiger partial charge in [-0.25, -0.2) is 4.98 Å². The molecule has 4 heteroatoms. The van der Waals surface area contributed by atoms with Crippen LogP contribution in [-0.4, -0.2) is 26.7 Å². The zero-order valence-electron chi connectivity index (χ0n) is 7.64. The van der Waals surface area contributed by atoms with Crippen LogP contribution in [0.1, 0.15) is 5.69 Å². The van der Waals surface area contributed by atoms with Crippen molar-refractivity contribution in [2.75, 3.05) is 6.61 Å². The van der Waals surface area contributed by atoms with Gasteiger partial charge in [0.25, 0.3) is 0 Å². The molecule has 0 aliphatic rings. The third-order valence-corrected chi connectivity index (χ3v) is 2.02. The first-order chi connectivity index (χ1) is 6.92. The number of hydrogen-bond acceptors (Lipinski definition) is 3. The fourth-order valence-electron chi connectivity index (χ4n) is 1.37. The lowest BCUT2D eigenvalue weighted by molar-refractivity contribution is 0.298. The van der Waals surface area contributed by atoms with Crippen LogP contribution < -0.4 is 0 Å². The molecular formula is C10H11N3O. The lowest BCUT2D eigenvalue weighted by atomic mass is 10.1. The van der Waals surface area contributed by atoms with Crippen molar-refractivity contribution >= 4 is 0 Å². The second kappa shape index (κ2) is 4.02. The van der Waals surface area contributed by atoms with E-state index in [0.29, 0.717) is 6.42 Å². The number of aromatic nitrogens is 3. The molecule has 4 nitrogen and oxygen atoms in total. The zero-order valence-corrected chi connectivity index (χ0v) is 7.64. The van der Waals surface area contributed by atoms with Crippen molar-refractivity contribution in [3.63, 3.8) is 0 Å². The molecule has 0 atom stereocenters. The first kappa shape index (κ1) is 8.90. The van der Waals surface area contributed by atoms with E-state index < -0.39 is 0 Å². The minimum atomic E-state index is 0.120. The maximum atomic E-state index is 8.85. The molecule has 2 heterocycles. The number of imidazole rings is 1. The van der Waals surface area contributed by atoms with E-state index in [1.54, 1.807) is 18.7 Å². The molecule has 0 amide bonds. The van der Waals surface area contributed by atoms with Crippen molar-refractivity contribution in [3.05, 3.63) is 36.5 Å². The summed E-state index contributed by atoms with van der Waals surface area (Å²) in [5.41, 5.74) is 2.78. The van der Waals surface area contributed by atoms with Crippen LogP contribution in [0, 0.1) is 0 Å². The quantitative estimate of drug-likeness (QED) is 0.757. The van der Waals surface area contributed by atoms with Crippen molar-refractivity contribution in [2.24, 2.45) is 0 Å². The minimum absolute atomic E-state index is 0.120. The summed E-state index contributed by atoms with van der Waals surface area (Å²) in [6.07, 6.45) is 5.70. The van der Waals surface area contributed by atoms with Crippen LogP contribution in [0.25, 0.3) is 11.3 Å². The molecule has 0 spiro atoms. The molecule has 2 N–H and O–H groups in total. The van der Waals surface area contributed by atoms with Crippen LogP contribution >= 0.6 is 0 Å². The lowest BCUT2D eigenvalue weighted by Gasteiger charge is -1.99. The van der Waals surface area contributed by atoms with Crippen LogP contribution in [-0.2, 0) is 6.42 Å². The highest BCUT2D eigenvalue weighted by molar-refractivity contribution is 5.60. The van der Waals surface area contributed by atoms with Gasteiger partial charge in [0.2, 0.25) is 0 Å². The summed E-state index contributed by atoms with van der Waals surface area (Å²) >= 11 is 0.